The van der Waals surface area contributed by atoms with E-state index >= 15 is 0 Å². The summed E-state index contributed by atoms with van der Waals surface area (Å²) in [6.07, 6.45) is 5.04. The first kappa shape index (κ1) is 28.9. The predicted molar refractivity (Wildman–Crippen MR) is 126 cm³/mol. The minimum atomic E-state index is -0.516. The maximum absolute atomic E-state index is 9.99. The number of halogens is 2. The zero-order valence-electron chi connectivity index (χ0n) is 18.4. The van der Waals surface area contributed by atoms with Crippen molar-refractivity contribution in [3.05, 3.63) is 138 Å². The fourth-order valence-corrected chi connectivity index (χ4v) is 3.62. The third kappa shape index (κ3) is 7.71. The number of aliphatic hydroxyl groups is 1. The van der Waals surface area contributed by atoms with Crippen LogP contribution >= 0.6 is 0 Å². The maximum atomic E-state index is 9.99. The number of benzene rings is 4. The molecular weight excluding hydrogens is 483 g/mol. The Labute approximate surface area is 224 Å². The predicted octanol–water partition coefficient (Wildman–Crippen LogP) is 1.15. The molecule has 0 spiro atoms. The van der Waals surface area contributed by atoms with Crippen molar-refractivity contribution >= 4 is 16.3 Å². The second kappa shape index (κ2) is 14.2. The van der Waals surface area contributed by atoms with Gasteiger partial charge in [0.05, 0.1) is 0 Å². The van der Waals surface area contributed by atoms with E-state index in [4.69, 9.17) is 0 Å². The Morgan fingerprint density at radius 1 is 0.727 bits per heavy atom. The first-order chi connectivity index (χ1) is 14.7. The van der Waals surface area contributed by atoms with E-state index < -0.39 is 6.10 Å². The van der Waals surface area contributed by atoms with Crippen molar-refractivity contribution in [2.45, 2.75) is 19.4 Å². The van der Waals surface area contributed by atoms with E-state index in [1.807, 2.05) is 60.7 Å². The van der Waals surface area contributed by atoms with Gasteiger partial charge in [-0.05, 0) is 24.5 Å². The molecule has 0 atom stereocenters. The van der Waals surface area contributed by atoms with Crippen LogP contribution in [0.4, 0.5) is 0 Å². The molecule has 0 amide bonds. The topological polar surface area (TPSA) is 20.2 Å². The zero-order chi connectivity index (χ0) is 20.8. The van der Waals surface area contributed by atoms with E-state index in [2.05, 4.69) is 61.5 Å². The molecule has 0 saturated heterocycles. The van der Waals surface area contributed by atoms with Crippen LogP contribution in [-0.2, 0) is 21.7 Å². The molecule has 5 rings (SSSR count). The number of hydrogen-bond acceptors (Lipinski definition) is 1. The van der Waals surface area contributed by atoms with Crippen LogP contribution in [0, 0.1) is 6.07 Å². The summed E-state index contributed by atoms with van der Waals surface area (Å²) in [6, 6.07) is 35.5. The van der Waals surface area contributed by atoms with Crippen molar-refractivity contribution in [1.82, 2.24) is 0 Å². The Kier molecular flexibility index (Phi) is 12.4. The van der Waals surface area contributed by atoms with Gasteiger partial charge < -0.3 is 29.9 Å². The van der Waals surface area contributed by atoms with Crippen LogP contribution in [0.5, 0.6) is 0 Å². The van der Waals surface area contributed by atoms with Crippen molar-refractivity contribution in [3.63, 3.8) is 0 Å². The van der Waals surface area contributed by atoms with Gasteiger partial charge in [0.2, 0.25) is 0 Å². The summed E-state index contributed by atoms with van der Waals surface area (Å²) in [5, 5.41) is 12.5. The number of hydrogen-bond donors (Lipinski definition) is 1. The summed E-state index contributed by atoms with van der Waals surface area (Å²) >= 11 is 0. The van der Waals surface area contributed by atoms with E-state index in [1.165, 1.54) is 27.5 Å². The normalized spacial score (nSPS) is 11.7. The van der Waals surface area contributed by atoms with Crippen molar-refractivity contribution in [3.8, 4) is 0 Å². The standard InChI is InChI=1S/C16H13.C13H12O.2ClH.Ti/c1-12-6-7-15(10-12)16-9-8-13-4-2-3-5-14(13)11-16;14-13(11-7-3-1-4-8-11)12-9-5-2-6-10-12;;;/h2-6,8-10H,7H2,1H3;1-10,13-14H;2*1H;/q-1;;;;+3/p-2. The Balaban J connectivity index is 0.000000305. The first-order valence-electron chi connectivity index (χ1n) is 10.3. The number of fused-ring (bicyclic) bond motifs is 1. The number of rotatable bonds is 3. The molecule has 1 radical (unpaired) electrons. The van der Waals surface area contributed by atoms with Gasteiger partial charge >= 0.3 is 21.7 Å². The molecule has 0 aliphatic heterocycles. The smallest absolute Gasteiger partial charge is 1.00 e. The van der Waals surface area contributed by atoms with Gasteiger partial charge in [-0.1, -0.05) is 102 Å². The van der Waals surface area contributed by atoms with Gasteiger partial charge in [0, 0.05) is 0 Å². The van der Waals surface area contributed by atoms with Gasteiger partial charge in [-0.15, -0.1) is 40.8 Å². The second-order valence-corrected chi connectivity index (χ2v) is 7.51. The molecule has 0 heterocycles. The Morgan fingerprint density at radius 2 is 1.27 bits per heavy atom. The molecule has 0 aromatic heterocycles. The molecule has 0 unspecified atom stereocenters. The molecule has 0 fully saturated rings. The van der Waals surface area contributed by atoms with Crippen LogP contribution in [-0.4, -0.2) is 5.11 Å². The molecule has 0 bridgehead atoms. The van der Waals surface area contributed by atoms with Gasteiger partial charge in [0.1, 0.15) is 6.10 Å². The average molecular weight is 508 g/mol. The molecule has 1 aliphatic carbocycles. The summed E-state index contributed by atoms with van der Waals surface area (Å²) in [4.78, 5) is 0. The Morgan fingerprint density at radius 3 is 1.82 bits per heavy atom. The average Bonchev–Trinajstić information content (AvgIpc) is 3.26. The van der Waals surface area contributed by atoms with Gasteiger partial charge in [-0.2, -0.15) is 0 Å². The van der Waals surface area contributed by atoms with Crippen LogP contribution in [0.1, 0.15) is 36.1 Å². The molecule has 1 N–H and O–H groups in total. The Bertz CT molecular complexity index is 1150. The molecule has 1 nitrogen and oxygen atoms in total. The van der Waals surface area contributed by atoms with Crippen LogP contribution in [0.2, 0.25) is 0 Å². The van der Waals surface area contributed by atoms with E-state index in [9.17, 15) is 5.11 Å². The third-order valence-corrected chi connectivity index (χ3v) is 5.28. The second-order valence-electron chi connectivity index (χ2n) is 7.51. The first-order valence-corrected chi connectivity index (χ1v) is 10.3. The van der Waals surface area contributed by atoms with E-state index in [0.717, 1.165) is 17.5 Å². The SMILES string of the molecule is CC1=CCC(c2[c-]c3ccccc3cc2)=C1.OC(c1ccccc1)c1ccccc1.[Cl-].[Cl-].[Ti+3]. The van der Waals surface area contributed by atoms with Crippen LogP contribution in [0.25, 0.3) is 16.3 Å². The monoisotopic (exact) mass is 507 g/mol. The summed E-state index contributed by atoms with van der Waals surface area (Å²) in [7, 11) is 0. The zero-order valence-corrected chi connectivity index (χ0v) is 21.5. The van der Waals surface area contributed by atoms with E-state index in [-0.39, 0.29) is 46.5 Å². The largest absolute Gasteiger partial charge is 3.00 e. The molecule has 4 aromatic carbocycles. The van der Waals surface area contributed by atoms with Gasteiger partial charge in [0.25, 0.3) is 0 Å². The summed E-state index contributed by atoms with van der Waals surface area (Å²) in [6.45, 7) is 2.15. The minimum Gasteiger partial charge on any atom is -1.00 e. The number of allylic oxidation sites excluding steroid dienone is 4. The van der Waals surface area contributed by atoms with E-state index in [1.54, 1.807) is 0 Å². The van der Waals surface area contributed by atoms with Crippen LogP contribution in [0.15, 0.2) is 115 Å². The van der Waals surface area contributed by atoms with Crippen LogP contribution in [0.3, 0.4) is 0 Å². The van der Waals surface area contributed by atoms with Gasteiger partial charge in [0.15, 0.2) is 0 Å². The molecule has 33 heavy (non-hydrogen) atoms. The molecule has 165 valence electrons. The number of aliphatic hydroxyl groups excluding tert-OH is 1. The summed E-state index contributed by atoms with van der Waals surface area (Å²) < 4.78 is 0. The molecule has 1 aliphatic rings. The van der Waals surface area contributed by atoms with E-state index in [0.29, 0.717) is 0 Å². The molecule has 4 aromatic rings. The molecule has 4 heteroatoms. The quantitative estimate of drug-likeness (QED) is 0.326. The summed E-state index contributed by atoms with van der Waals surface area (Å²) in [5.74, 6) is 0. The maximum Gasteiger partial charge on any atom is 3.00 e. The fourth-order valence-electron chi connectivity index (χ4n) is 3.62. The third-order valence-electron chi connectivity index (χ3n) is 5.28. The summed E-state index contributed by atoms with van der Waals surface area (Å²) in [5.41, 5.74) is 5.82. The fraction of sp³-hybridized carbons (Fsp3) is 0.103. The van der Waals surface area contributed by atoms with Crippen LogP contribution < -0.4 is 24.8 Å². The van der Waals surface area contributed by atoms with Crippen molar-refractivity contribution in [2.24, 2.45) is 0 Å². The molecular formula is C29H25Cl2OTi. The molecule has 0 saturated carbocycles. The Hall–Kier alpha value is -2.13. The van der Waals surface area contributed by atoms with Gasteiger partial charge in [-0.25, -0.2) is 0 Å². The van der Waals surface area contributed by atoms with Crippen molar-refractivity contribution in [2.75, 3.05) is 0 Å². The van der Waals surface area contributed by atoms with Gasteiger partial charge in [-0.3, -0.25) is 0 Å². The van der Waals surface area contributed by atoms with Crippen molar-refractivity contribution in [1.29, 1.82) is 0 Å². The van der Waals surface area contributed by atoms with Crippen molar-refractivity contribution < 1.29 is 51.6 Å². The minimum absolute atomic E-state index is 0.